The molecule has 3 heterocycles. The molecule has 0 saturated heterocycles. The molecule has 255 valence electrons. The van der Waals surface area contributed by atoms with Crippen molar-refractivity contribution in [1.82, 2.24) is 9.97 Å². The molecule has 0 N–H and O–H groups in total. The summed E-state index contributed by atoms with van der Waals surface area (Å²) in [5, 5.41) is 2.10. The van der Waals surface area contributed by atoms with Gasteiger partial charge in [0.25, 0.3) is 0 Å². The Morgan fingerprint density at radius 3 is 2.02 bits per heavy atom. The van der Waals surface area contributed by atoms with E-state index < -0.39 is 19.2 Å². The molecule has 0 unspecified atom stereocenters. The second kappa shape index (κ2) is 15.7. The van der Waals surface area contributed by atoms with Gasteiger partial charge in [0.05, 0.1) is 5.58 Å². The molecule has 5 aromatic carbocycles. The van der Waals surface area contributed by atoms with Crippen molar-refractivity contribution in [2.75, 3.05) is 0 Å². The minimum absolute atomic E-state index is 0. The number of furan rings is 1. The molecule has 0 bridgehead atoms. The average molecular weight is 903 g/mol. The first-order valence-corrected chi connectivity index (χ1v) is 24.3. The number of nitrogens with zero attached hydrogens (tertiary/aromatic N) is 2. The van der Waals surface area contributed by atoms with E-state index in [1.807, 2.05) is 80.7 Å². The summed E-state index contributed by atoms with van der Waals surface area (Å²) < 4.78 is 16.1. The van der Waals surface area contributed by atoms with Crippen LogP contribution in [0.2, 0.25) is 17.3 Å². The van der Waals surface area contributed by atoms with Gasteiger partial charge in [0.2, 0.25) is 0 Å². The number of hydrogen-bond donors (Lipinski definition) is 0. The van der Waals surface area contributed by atoms with Crippen LogP contribution in [0.3, 0.4) is 0 Å². The quantitative estimate of drug-likeness (QED) is 0.123. The molecule has 3 nitrogen and oxygen atoms in total. The monoisotopic (exact) mass is 904 g/mol. The van der Waals surface area contributed by atoms with Crippen LogP contribution in [0.5, 0.6) is 0 Å². The fraction of sp³-hybridized carbons (Fsp3) is 0.130. The maximum Gasteiger partial charge on any atom is 0 e. The largest absolute Gasteiger partial charge is 0 e. The average Bonchev–Trinajstić information content (AvgIpc) is 3.54. The summed E-state index contributed by atoms with van der Waals surface area (Å²) in [5.74, 6) is 6.44. The smallest absolute Gasteiger partial charge is 0 e. The number of rotatable bonds is 6. The van der Waals surface area contributed by atoms with Crippen molar-refractivity contribution in [1.29, 1.82) is 0 Å². The summed E-state index contributed by atoms with van der Waals surface area (Å²) >= 11 is -1.72. The van der Waals surface area contributed by atoms with Gasteiger partial charge in [0.15, 0.2) is 0 Å². The minimum atomic E-state index is -1.72. The van der Waals surface area contributed by atoms with Crippen LogP contribution in [0.1, 0.15) is 26.7 Å². The van der Waals surface area contributed by atoms with E-state index in [0.717, 1.165) is 61.1 Å². The van der Waals surface area contributed by atoms with Gasteiger partial charge in [-0.3, -0.25) is 0 Å². The SMILES string of the molecule is [2H]C(C)(C)c1ccnc(-c2[c-]ccc3c2oc2ccc(-c4ccc(-c5ccccc5)cc4)cc23)c1.[CH3][Ge]([CH3])([CH3])[c]1ccc(-c2[c-]cccc2)nc1.[Ir]. The third-order valence-electron chi connectivity index (χ3n) is 8.96. The van der Waals surface area contributed by atoms with Crippen molar-refractivity contribution in [3.8, 4) is 44.8 Å². The zero-order valence-electron chi connectivity index (χ0n) is 30.5. The Labute approximate surface area is 318 Å². The Kier molecular flexibility index (Phi) is 10.7. The van der Waals surface area contributed by atoms with Gasteiger partial charge >= 0.3 is 99.8 Å². The second-order valence-corrected chi connectivity index (χ2v) is 24.4. The number of pyridine rings is 2. The van der Waals surface area contributed by atoms with E-state index in [0.29, 0.717) is 0 Å². The van der Waals surface area contributed by atoms with E-state index in [1.165, 1.54) is 15.5 Å². The van der Waals surface area contributed by atoms with E-state index in [2.05, 4.69) is 112 Å². The van der Waals surface area contributed by atoms with Gasteiger partial charge in [0.1, 0.15) is 5.58 Å². The molecular weight excluding hydrogens is 861 g/mol. The van der Waals surface area contributed by atoms with Crippen molar-refractivity contribution < 1.29 is 25.9 Å². The molecule has 0 fully saturated rings. The maximum atomic E-state index is 8.39. The fourth-order valence-corrected chi connectivity index (χ4v) is 8.20. The zero-order chi connectivity index (χ0) is 35.6. The van der Waals surface area contributed by atoms with Gasteiger partial charge in [-0.1, -0.05) is 97.1 Å². The van der Waals surface area contributed by atoms with Crippen molar-refractivity contribution in [3.63, 3.8) is 0 Å². The summed E-state index contributed by atoms with van der Waals surface area (Å²) in [7, 11) is 0. The molecular formula is C46H40GeIrN2O-2. The van der Waals surface area contributed by atoms with Crippen molar-refractivity contribution >= 4 is 39.6 Å². The molecule has 1 radical (unpaired) electrons. The molecule has 0 spiro atoms. The zero-order valence-corrected chi connectivity index (χ0v) is 34.0. The molecule has 8 aromatic rings. The Bertz CT molecular complexity index is 2410. The number of benzene rings is 5. The molecule has 0 amide bonds. The predicted molar refractivity (Wildman–Crippen MR) is 212 cm³/mol. The summed E-state index contributed by atoms with van der Waals surface area (Å²) in [4.78, 5) is 9.10. The first kappa shape index (κ1) is 34.8. The molecule has 8 rings (SSSR count). The first-order chi connectivity index (χ1) is 24.5. The number of fused-ring (bicyclic) bond motifs is 3. The van der Waals surface area contributed by atoms with Crippen molar-refractivity contribution in [3.05, 3.63) is 164 Å². The van der Waals surface area contributed by atoms with Crippen LogP contribution < -0.4 is 4.40 Å². The summed E-state index contributed by atoms with van der Waals surface area (Å²) in [6, 6.07) is 52.1. The van der Waals surface area contributed by atoms with E-state index in [9.17, 15) is 0 Å². The normalized spacial score (nSPS) is 11.7. The molecule has 0 aliphatic carbocycles. The minimum Gasteiger partial charge on any atom is 0 e. The maximum absolute atomic E-state index is 8.39. The number of hydrogen-bond acceptors (Lipinski definition) is 3. The van der Waals surface area contributed by atoms with Gasteiger partial charge in [-0.25, -0.2) is 0 Å². The van der Waals surface area contributed by atoms with Crippen LogP contribution in [0.15, 0.2) is 150 Å². The Hall–Kier alpha value is -4.61. The van der Waals surface area contributed by atoms with Crippen LogP contribution in [-0.4, -0.2) is 23.2 Å². The molecule has 3 aromatic heterocycles. The van der Waals surface area contributed by atoms with Crippen LogP contribution in [-0.2, 0) is 20.1 Å². The van der Waals surface area contributed by atoms with E-state index in [4.69, 9.17) is 5.79 Å². The Balaban J connectivity index is 0.000000230. The molecule has 0 aliphatic heterocycles. The van der Waals surface area contributed by atoms with Crippen LogP contribution >= 0.6 is 0 Å². The summed E-state index contributed by atoms with van der Waals surface area (Å²) in [6.07, 6.45) is 3.80. The summed E-state index contributed by atoms with van der Waals surface area (Å²) in [6.45, 7) is 3.76. The van der Waals surface area contributed by atoms with Crippen LogP contribution in [0.25, 0.3) is 66.7 Å². The molecule has 5 heteroatoms. The van der Waals surface area contributed by atoms with E-state index >= 15 is 0 Å². The van der Waals surface area contributed by atoms with Gasteiger partial charge in [0, 0.05) is 33.1 Å². The van der Waals surface area contributed by atoms with Crippen LogP contribution in [0, 0.1) is 12.1 Å². The van der Waals surface area contributed by atoms with Gasteiger partial charge < -0.3 is 9.40 Å². The topological polar surface area (TPSA) is 38.9 Å². The van der Waals surface area contributed by atoms with Crippen molar-refractivity contribution in [2.45, 2.75) is 37.0 Å². The van der Waals surface area contributed by atoms with Crippen LogP contribution in [0.4, 0.5) is 0 Å². The van der Waals surface area contributed by atoms with Gasteiger partial charge in [-0.05, 0) is 52.0 Å². The Morgan fingerprint density at radius 2 is 1.35 bits per heavy atom. The second-order valence-electron chi connectivity index (χ2n) is 13.7. The molecule has 0 atom stereocenters. The van der Waals surface area contributed by atoms with E-state index in [1.54, 1.807) is 6.20 Å². The molecule has 0 aliphatic rings. The summed E-state index contributed by atoms with van der Waals surface area (Å²) in [5.41, 5.74) is 10.9. The van der Waals surface area contributed by atoms with E-state index in [-0.39, 0.29) is 20.1 Å². The predicted octanol–water partition coefficient (Wildman–Crippen LogP) is 12.0. The Morgan fingerprint density at radius 1 is 0.647 bits per heavy atom. The third kappa shape index (κ3) is 8.15. The standard InChI is InChI=1S/C32H24NO.C14H16GeN.Ir/c1-21(2)25-17-18-33-30(20-25)28-10-6-9-27-29-19-26(15-16-31(29)34-32(27)28)24-13-11-23(12-14-24)22-7-4-3-5-8-22;1-15(2,3)13-9-10-14(16-11-13)12-7-5-4-6-8-12;/h3-9,11-21H,1-2H3;4-7,9-11H,1-3H3;/q2*-1;/i21D;;. The third-order valence-corrected chi connectivity index (χ3v) is 13.2. The van der Waals surface area contributed by atoms with Gasteiger partial charge in [-0.2, -0.15) is 0 Å². The molecule has 0 saturated carbocycles. The van der Waals surface area contributed by atoms with Gasteiger partial charge in [-0.15, -0.1) is 18.2 Å². The molecule has 51 heavy (non-hydrogen) atoms. The van der Waals surface area contributed by atoms with Crippen molar-refractivity contribution in [2.24, 2.45) is 0 Å². The number of aromatic nitrogens is 2. The fourth-order valence-electron chi connectivity index (χ4n) is 6.03. The first-order valence-electron chi connectivity index (χ1n) is 17.5.